The zero-order valence-corrected chi connectivity index (χ0v) is 11.8. The first-order valence-electron chi connectivity index (χ1n) is 5.61. The molecule has 0 amide bonds. The molecule has 18 heavy (non-hydrogen) atoms. The van der Waals surface area contributed by atoms with E-state index in [1.54, 1.807) is 31.4 Å². The van der Waals surface area contributed by atoms with E-state index in [4.69, 9.17) is 10.5 Å². The van der Waals surface area contributed by atoms with Crippen molar-refractivity contribution in [2.45, 2.75) is 25.2 Å². The largest absolute Gasteiger partial charge is 0.399 e. The second-order valence-corrected chi connectivity index (χ2v) is 6.59. The molecular weight excluding hydrogens is 252 g/mol. The SMILES string of the molecule is COC(C)(C)CNS(=O)(=O)Cc1ccc(N)cc1. The Labute approximate surface area is 108 Å². The summed E-state index contributed by atoms with van der Waals surface area (Å²) in [5.74, 6) is -0.0624. The van der Waals surface area contributed by atoms with Crippen molar-refractivity contribution in [3.05, 3.63) is 29.8 Å². The van der Waals surface area contributed by atoms with Crippen molar-refractivity contribution in [3.8, 4) is 0 Å². The summed E-state index contributed by atoms with van der Waals surface area (Å²) in [5.41, 5.74) is 6.34. The smallest absolute Gasteiger partial charge is 0.215 e. The lowest BCUT2D eigenvalue weighted by Gasteiger charge is -2.23. The molecule has 0 saturated heterocycles. The van der Waals surface area contributed by atoms with Crippen molar-refractivity contribution in [2.75, 3.05) is 19.4 Å². The average molecular weight is 272 g/mol. The molecule has 0 heterocycles. The summed E-state index contributed by atoms with van der Waals surface area (Å²) >= 11 is 0. The first-order valence-corrected chi connectivity index (χ1v) is 7.26. The van der Waals surface area contributed by atoms with E-state index in [1.165, 1.54) is 0 Å². The average Bonchev–Trinajstić information content (AvgIpc) is 2.30. The van der Waals surface area contributed by atoms with Crippen LogP contribution in [0.2, 0.25) is 0 Å². The van der Waals surface area contributed by atoms with Gasteiger partial charge in [-0.2, -0.15) is 0 Å². The number of ether oxygens (including phenoxy) is 1. The first kappa shape index (κ1) is 14.9. The standard InChI is InChI=1S/C12H20N2O3S/c1-12(2,17-3)9-14-18(15,16)8-10-4-6-11(13)7-5-10/h4-7,14H,8-9,13H2,1-3H3. The number of hydrogen-bond donors (Lipinski definition) is 2. The fourth-order valence-corrected chi connectivity index (χ4v) is 2.54. The predicted octanol–water partition coefficient (Wildman–Crippen LogP) is 1.11. The third kappa shape index (κ3) is 5.03. The van der Waals surface area contributed by atoms with Crippen LogP contribution in [0.3, 0.4) is 0 Å². The Balaban J connectivity index is 2.63. The molecule has 1 rings (SSSR count). The minimum atomic E-state index is -3.36. The van der Waals surface area contributed by atoms with Crippen LogP contribution < -0.4 is 10.5 Å². The number of nitrogens with one attached hydrogen (secondary N) is 1. The fourth-order valence-electron chi connectivity index (χ4n) is 1.24. The minimum absolute atomic E-state index is 0.0624. The highest BCUT2D eigenvalue weighted by atomic mass is 32.2. The van der Waals surface area contributed by atoms with E-state index in [2.05, 4.69) is 4.72 Å². The van der Waals surface area contributed by atoms with Crippen LogP contribution in [0.4, 0.5) is 5.69 Å². The maximum Gasteiger partial charge on any atom is 0.215 e. The molecule has 1 aromatic rings. The summed E-state index contributed by atoms with van der Waals surface area (Å²) in [6.45, 7) is 3.87. The summed E-state index contributed by atoms with van der Waals surface area (Å²) in [7, 11) is -1.81. The van der Waals surface area contributed by atoms with Gasteiger partial charge in [-0.15, -0.1) is 0 Å². The third-order valence-corrected chi connectivity index (χ3v) is 3.90. The van der Waals surface area contributed by atoms with Crippen molar-refractivity contribution < 1.29 is 13.2 Å². The monoisotopic (exact) mass is 272 g/mol. The molecular formula is C12H20N2O3S. The van der Waals surface area contributed by atoms with Gasteiger partial charge in [0.1, 0.15) is 0 Å². The molecule has 5 nitrogen and oxygen atoms in total. The zero-order chi connectivity index (χ0) is 13.8. The van der Waals surface area contributed by atoms with Crippen LogP contribution in [0.25, 0.3) is 0 Å². The molecule has 0 aromatic heterocycles. The highest BCUT2D eigenvalue weighted by molar-refractivity contribution is 7.88. The molecule has 0 saturated carbocycles. The molecule has 0 spiro atoms. The van der Waals surface area contributed by atoms with Gasteiger partial charge < -0.3 is 10.5 Å². The number of nitrogens with two attached hydrogens (primary N) is 1. The van der Waals surface area contributed by atoms with Gasteiger partial charge >= 0.3 is 0 Å². The topological polar surface area (TPSA) is 81.4 Å². The molecule has 1 aromatic carbocycles. The molecule has 0 aliphatic carbocycles. The van der Waals surface area contributed by atoms with Gasteiger partial charge in [0.05, 0.1) is 11.4 Å². The lowest BCUT2D eigenvalue weighted by molar-refractivity contribution is 0.0276. The molecule has 0 atom stereocenters. The lowest BCUT2D eigenvalue weighted by atomic mass is 10.1. The van der Waals surface area contributed by atoms with Crippen molar-refractivity contribution in [2.24, 2.45) is 0 Å². The number of hydrogen-bond acceptors (Lipinski definition) is 4. The van der Waals surface area contributed by atoms with E-state index in [1.807, 2.05) is 13.8 Å². The molecule has 6 heteroatoms. The Morgan fingerprint density at radius 2 is 1.83 bits per heavy atom. The van der Waals surface area contributed by atoms with Gasteiger partial charge in [-0.25, -0.2) is 13.1 Å². The van der Waals surface area contributed by atoms with Gasteiger partial charge in [-0.3, -0.25) is 0 Å². The Morgan fingerprint density at radius 1 is 1.28 bits per heavy atom. The Hall–Kier alpha value is -1.11. The number of sulfonamides is 1. The second kappa shape index (κ2) is 5.69. The van der Waals surface area contributed by atoms with Gasteiger partial charge in [0, 0.05) is 19.3 Å². The third-order valence-electron chi connectivity index (χ3n) is 2.61. The van der Waals surface area contributed by atoms with Crippen LogP contribution in [0, 0.1) is 0 Å². The zero-order valence-electron chi connectivity index (χ0n) is 10.9. The maximum atomic E-state index is 11.8. The Kier molecular flexibility index (Phi) is 4.72. The quantitative estimate of drug-likeness (QED) is 0.760. The molecule has 102 valence electrons. The highest BCUT2D eigenvalue weighted by Gasteiger charge is 2.20. The number of benzene rings is 1. The van der Waals surface area contributed by atoms with Gasteiger partial charge in [0.2, 0.25) is 10.0 Å². The Bertz CT molecular complexity index is 481. The van der Waals surface area contributed by atoms with Gasteiger partial charge in [-0.1, -0.05) is 12.1 Å². The number of rotatable bonds is 6. The summed E-state index contributed by atoms with van der Waals surface area (Å²) in [5, 5.41) is 0. The molecule has 0 bridgehead atoms. The predicted molar refractivity (Wildman–Crippen MR) is 72.6 cm³/mol. The molecule has 0 aliphatic rings. The number of methoxy groups -OCH3 is 1. The van der Waals surface area contributed by atoms with Crippen molar-refractivity contribution in [3.63, 3.8) is 0 Å². The van der Waals surface area contributed by atoms with Crippen molar-refractivity contribution in [1.29, 1.82) is 0 Å². The van der Waals surface area contributed by atoms with Gasteiger partial charge in [0.25, 0.3) is 0 Å². The fraction of sp³-hybridized carbons (Fsp3) is 0.500. The summed E-state index contributed by atoms with van der Waals surface area (Å²) < 4.78 is 31.4. The highest BCUT2D eigenvalue weighted by Crippen LogP contribution is 2.10. The first-order chi connectivity index (χ1) is 8.24. The number of anilines is 1. The summed E-state index contributed by atoms with van der Waals surface area (Å²) in [6, 6.07) is 6.78. The van der Waals surface area contributed by atoms with E-state index >= 15 is 0 Å². The second-order valence-electron chi connectivity index (χ2n) is 4.79. The van der Waals surface area contributed by atoms with Crippen LogP contribution >= 0.6 is 0 Å². The molecule has 0 unspecified atom stereocenters. The molecule has 0 aliphatic heterocycles. The Morgan fingerprint density at radius 3 is 2.33 bits per heavy atom. The molecule has 0 fully saturated rings. The van der Waals surface area contributed by atoms with Crippen LogP contribution in [0.5, 0.6) is 0 Å². The van der Waals surface area contributed by atoms with Gasteiger partial charge in [-0.05, 0) is 31.5 Å². The van der Waals surface area contributed by atoms with E-state index in [0.29, 0.717) is 11.3 Å². The summed E-state index contributed by atoms with van der Waals surface area (Å²) in [6.07, 6.45) is 0. The maximum absolute atomic E-state index is 11.8. The lowest BCUT2D eigenvalue weighted by Crippen LogP contribution is -2.40. The van der Waals surface area contributed by atoms with Crippen LogP contribution in [-0.2, 0) is 20.5 Å². The van der Waals surface area contributed by atoms with E-state index in [0.717, 1.165) is 0 Å². The van der Waals surface area contributed by atoms with Crippen LogP contribution in [0.15, 0.2) is 24.3 Å². The molecule has 3 N–H and O–H groups in total. The van der Waals surface area contributed by atoms with E-state index in [9.17, 15) is 8.42 Å². The van der Waals surface area contributed by atoms with Gasteiger partial charge in [0.15, 0.2) is 0 Å². The summed E-state index contributed by atoms with van der Waals surface area (Å²) in [4.78, 5) is 0. The van der Waals surface area contributed by atoms with E-state index in [-0.39, 0.29) is 12.3 Å². The van der Waals surface area contributed by atoms with Crippen molar-refractivity contribution >= 4 is 15.7 Å². The number of nitrogen functional groups attached to an aromatic ring is 1. The minimum Gasteiger partial charge on any atom is -0.399 e. The van der Waals surface area contributed by atoms with Crippen molar-refractivity contribution in [1.82, 2.24) is 4.72 Å². The molecule has 0 radical (unpaired) electrons. The van der Waals surface area contributed by atoms with Crippen LogP contribution in [0.1, 0.15) is 19.4 Å². The normalized spacial score (nSPS) is 12.6. The van der Waals surface area contributed by atoms with E-state index < -0.39 is 15.6 Å². The van der Waals surface area contributed by atoms with Crippen LogP contribution in [-0.4, -0.2) is 27.7 Å².